The minimum Gasteiger partial charge on any atom is -0.494 e. The molecule has 2 aromatic rings. The highest BCUT2D eigenvalue weighted by Crippen LogP contribution is 2.35. The molecule has 0 amide bonds. The van der Waals surface area contributed by atoms with E-state index in [1.807, 2.05) is 0 Å². The Morgan fingerprint density at radius 3 is 1.74 bits per heavy atom. The molecule has 0 fully saturated rings. The quantitative estimate of drug-likeness (QED) is 0.729. The third kappa shape index (κ3) is 2.18. The largest absolute Gasteiger partial charge is 0.494 e. The Morgan fingerprint density at radius 2 is 1.37 bits per heavy atom. The molecule has 0 aliphatic rings. The lowest BCUT2D eigenvalue weighted by Gasteiger charge is -2.07. The zero-order valence-corrected chi connectivity index (χ0v) is 11.1. The molecule has 19 heavy (non-hydrogen) atoms. The molecule has 102 valence electrons. The minimum atomic E-state index is -4.26. The van der Waals surface area contributed by atoms with Crippen LogP contribution in [0.15, 0.2) is 29.2 Å². The summed E-state index contributed by atoms with van der Waals surface area (Å²) in [6, 6.07) is 5.13. The summed E-state index contributed by atoms with van der Waals surface area (Å²) < 4.78 is 31.9. The highest BCUT2D eigenvalue weighted by Gasteiger charge is 2.18. The smallest absolute Gasteiger partial charge is 0.294 e. The van der Waals surface area contributed by atoms with Crippen molar-refractivity contribution in [2.45, 2.75) is 18.7 Å². The second-order valence-electron chi connectivity index (χ2n) is 4.20. The van der Waals surface area contributed by atoms with Crippen molar-refractivity contribution in [3.63, 3.8) is 0 Å². The Balaban J connectivity index is 2.59. The van der Waals surface area contributed by atoms with Gasteiger partial charge in [0.05, 0.1) is 10.6 Å². The first-order chi connectivity index (χ1) is 8.73. The van der Waals surface area contributed by atoms with Crippen molar-refractivity contribution in [2.75, 3.05) is 0 Å². The van der Waals surface area contributed by atoms with Crippen molar-refractivity contribution in [3.05, 3.63) is 35.4 Å². The summed E-state index contributed by atoms with van der Waals surface area (Å²) in [6.07, 6.45) is 0. The monoisotopic (exact) mass is 283 g/mol. The molecule has 0 spiro atoms. The molecule has 1 aromatic carbocycles. The Labute approximate surface area is 110 Å². The van der Waals surface area contributed by atoms with Crippen LogP contribution in [0.25, 0.3) is 5.69 Å². The van der Waals surface area contributed by atoms with Crippen LogP contribution in [0.4, 0.5) is 0 Å². The van der Waals surface area contributed by atoms with Gasteiger partial charge in [0.25, 0.3) is 10.1 Å². The van der Waals surface area contributed by atoms with Crippen LogP contribution in [-0.2, 0) is 10.1 Å². The second kappa shape index (κ2) is 4.29. The van der Waals surface area contributed by atoms with E-state index in [0.29, 0.717) is 16.8 Å². The Kier molecular flexibility index (Phi) is 3.03. The SMILES string of the molecule is Cc1c(C)c(O)n(-c2ccc(S(=O)(=O)O)cc2)c1O. The van der Waals surface area contributed by atoms with E-state index in [-0.39, 0.29) is 16.7 Å². The molecule has 0 radical (unpaired) electrons. The summed E-state index contributed by atoms with van der Waals surface area (Å²) >= 11 is 0. The summed E-state index contributed by atoms with van der Waals surface area (Å²) in [5.74, 6) is -0.232. The Hall–Kier alpha value is -1.99. The van der Waals surface area contributed by atoms with E-state index in [2.05, 4.69) is 0 Å². The molecule has 0 aliphatic carbocycles. The fourth-order valence-electron chi connectivity index (χ4n) is 1.78. The Bertz CT molecular complexity index is 703. The first-order valence-corrected chi connectivity index (χ1v) is 6.85. The number of aromatic hydroxyl groups is 2. The van der Waals surface area contributed by atoms with E-state index >= 15 is 0 Å². The molecule has 7 heteroatoms. The van der Waals surface area contributed by atoms with Gasteiger partial charge in [-0.25, -0.2) is 0 Å². The summed E-state index contributed by atoms with van der Waals surface area (Å²) in [5.41, 5.74) is 1.46. The lowest BCUT2D eigenvalue weighted by atomic mass is 10.2. The van der Waals surface area contributed by atoms with Crippen LogP contribution >= 0.6 is 0 Å². The molecule has 0 saturated heterocycles. The van der Waals surface area contributed by atoms with Gasteiger partial charge < -0.3 is 10.2 Å². The molecular weight excluding hydrogens is 270 g/mol. The van der Waals surface area contributed by atoms with Gasteiger partial charge in [0, 0.05) is 11.1 Å². The lowest BCUT2D eigenvalue weighted by molar-refractivity contribution is 0.400. The molecule has 3 N–H and O–H groups in total. The predicted molar refractivity (Wildman–Crippen MR) is 68.4 cm³/mol. The van der Waals surface area contributed by atoms with Gasteiger partial charge in [-0.05, 0) is 38.1 Å². The van der Waals surface area contributed by atoms with Crippen molar-refractivity contribution >= 4 is 10.1 Å². The van der Waals surface area contributed by atoms with Crippen LogP contribution in [0.2, 0.25) is 0 Å². The number of hydrogen-bond donors (Lipinski definition) is 3. The third-order valence-corrected chi connectivity index (χ3v) is 3.92. The van der Waals surface area contributed by atoms with Crippen molar-refractivity contribution in [2.24, 2.45) is 0 Å². The van der Waals surface area contributed by atoms with Gasteiger partial charge in [-0.1, -0.05) is 0 Å². The lowest BCUT2D eigenvalue weighted by Crippen LogP contribution is -1.99. The van der Waals surface area contributed by atoms with Crippen LogP contribution in [0.3, 0.4) is 0 Å². The van der Waals surface area contributed by atoms with Gasteiger partial charge >= 0.3 is 0 Å². The van der Waals surface area contributed by atoms with E-state index in [1.165, 1.54) is 28.8 Å². The Morgan fingerprint density at radius 1 is 0.947 bits per heavy atom. The van der Waals surface area contributed by atoms with Crippen molar-refractivity contribution in [1.29, 1.82) is 0 Å². The predicted octanol–water partition coefficient (Wildman–Crippen LogP) is 1.75. The number of hydrogen-bond acceptors (Lipinski definition) is 4. The molecule has 1 aromatic heterocycles. The van der Waals surface area contributed by atoms with E-state index in [0.717, 1.165) is 0 Å². The number of benzene rings is 1. The summed E-state index contributed by atoms with van der Waals surface area (Å²) in [7, 11) is -4.26. The normalized spacial score (nSPS) is 11.7. The summed E-state index contributed by atoms with van der Waals surface area (Å²) in [5, 5.41) is 19.8. The van der Waals surface area contributed by atoms with Gasteiger partial charge in [-0.15, -0.1) is 0 Å². The molecule has 0 bridgehead atoms. The van der Waals surface area contributed by atoms with E-state index < -0.39 is 10.1 Å². The highest BCUT2D eigenvalue weighted by atomic mass is 32.2. The van der Waals surface area contributed by atoms with E-state index in [4.69, 9.17) is 4.55 Å². The van der Waals surface area contributed by atoms with Gasteiger partial charge in [-0.2, -0.15) is 8.42 Å². The molecule has 6 nitrogen and oxygen atoms in total. The van der Waals surface area contributed by atoms with Crippen LogP contribution < -0.4 is 0 Å². The van der Waals surface area contributed by atoms with Gasteiger partial charge in [0.15, 0.2) is 0 Å². The maximum Gasteiger partial charge on any atom is 0.294 e. The average Bonchev–Trinajstić information content (AvgIpc) is 2.53. The van der Waals surface area contributed by atoms with Gasteiger partial charge in [0.1, 0.15) is 0 Å². The summed E-state index contributed by atoms with van der Waals surface area (Å²) in [6.45, 7) is 3.32. The fraction of sp³-hybridized carbons (Fsp3) is 0.167. The van der Waals surface area contributed by atoms with Crippen LogP contribution in [0.5, 0.6) is 11.8 Å². The molecule has 0 unspecified atom stereocenters. The molecule has 0 atom stereocenters. The van der Waals surface area contributed by atoms with Crippen molar-refractivity contribution in [1.82, 2.24) is 4.57 Å². The first-order valence-electron chi connectivity index (χ1n) is 5.41. The van der Waals surface area contributed by atoms with Crippen LogP contribution in [0, 0.1) is 13.8 Å². The molecule has 1 heterocycles. The van der Waals surface area contributed by atoms with E-state index in [1.54, 1.807) is 13.8 Å². The highest BCUT2D eigenvalue weighted by molar-refractivity contribution is 7.85. The zero-order chi connectivity index (χ0) is 14.4. The fourth-order valence-corrected chi connectivity index (χ4v) is 2.26. The number of rotatable bonds is 2. The average molecular weight is 283 g/mol. The van der Waals surface area contributed by atoms with Crippen molar-refractivity contribution < 1.29 is 23.2 Å². The van der Waals surface area contributed by atoms with E-state index in [9.17, 15) is 18.6 Å². The van der Waals surface area contributed by atoms with Crippen LogP contribution in [0.1, 0.15) is 11.1 Å². The molecule has 0 aliphatic heterocycles. The molecule has 0 saturated carbocycles. The summed E-state index contributed by atoms with van der Waals surface area (Å²) in [4.78, 5) is -0.254. The number of aromatic nitrogens is 1. The minimum absolute atomic E-state index is 0.116. The maximum atomic E-state index is 10.9. The molecule has 2 rings (SSSR count). The van der Waals surface area contributed by atoms with Gasteiger partial charge in [-0.3, -0.25) is 9.12 Å². The standard InChI is InChI=1S/C12H13NO5S/c1-7-8(2)12(15)13(11(7)14)9-3-5-10(6-4-9)19(16,17)18/h3-6,14-15H,1-2H3,(H,16,17,18). The van der Waals surface area contributed by atoms with Crippen molar-refractivity contribution in [3.8, 4) is 17.4 Å². The second-order valence-corrected chi connectivity index (χ2v) is 5.62. The first kappa shape index (κ1) is 13.4. The van der Waals surface area contributed by atoms with Crippen LogP contribution in [-0.4, -0.2) is 27.8 Å². The topological polar surface area (TPSA) is 99.8 Å². The third-order valence-electron chi connectivity index (χ3n) is 3.05. The maximum absolute atomic E-state index is 10.9. The zero-order valence-electron chi connectivity index (χ0n) is 10.3. The van der Waals surface area contributed by atoms with Gasteiger partial charge in [0.2, 0.25) is 11.8 Å². The number of nitrogens with zero attached hydrogens (tertiary/aromatic N) is 1. The molecular formula is C12H13NO5S.